The summed E-state index contributed by atoms with van der Waals surface area (Å²) in [7, 11) is 0. The largest absolute Gasteiger partial charge is 0.480 e. The maximum atomic E-state index is 12.8. The summed E-state index contributed by atoms with van der Waals surface area (Å²) in [5.41, 5.74) is 13.3. The van der Waals surface area contributed by atoms with E-state index in [2.05, 4.69) is 29.2 Å². The predicted molar refractivity (Wildman–Crippen MR) is 151 cm³/mol. The van der Waals surface area contributed by atoms with Gasteiger partial charge in [0.2, 0.25) is 0 Å². The van der Waals surface area contributed by atoms with Crippen LogP contribution >= 0.6 is 0 Å². The first kappa shape index (κ1) is 27.1. The SMILES string of the molecule is NC(=O)N1CCC(c2ccccc2)CC1.Nc1nccc2ccc(C(=O)N(CC(=O)O)c3ccccc3)cc12. The minimum atomic E-state index is -1.09. The number of primary amides is 1. The molecular weight excluding hydrogens is 494 g/mol. The van der Waals surface area contributed by atoms with E-state index in [0.717, 1.165) is 31.3 Å². The van der Waals surface area contributed by atoms with Gasteiger partial charge in [-0.15, -0.1) is 0 Å². The highest BCUT2D eigenvalue weighted by Gasteiger charge is 2.22. The Kier molecular flexibility index (Phi) is 8.73. The molecule has 2 heterocycles. The van der Waals surface area contributed by atoms with Crippen molar-refractivity contribution in [3.05, 3.63) is 102 Å². The molecule has 4 aromatic rings. The standard InChI is InChI=1S/C18H15N3O3.C12H16N2O/c19-17-15-10-13(7-6-12(15)8-9-20-17)18(24)21(11-16(22)23)14-4-2-1-3-5-14;13-12(15)14-8-6-11(7-9-14)10-4-2-1-3-5-10/h1-10H,11H2,(H2,19,20)(H,22,23);1-5,11H,6-9H2,(H2,13,15). The first-order valence-electron chi connectivity index (χ1n) is 12.7. The van der Waals surface area contributed by atoms with Crippen LogP contribution in [0.3, 0.4) is 0 Å². The number of nitrogens with zero attached hydrogens (tertiary/aromatic N) is 3. The number of piperidine rings is 1. The van der Waals surface area contributed by atoms with E-state index in [4.69, 9.17) is 16.6 Å². The number of anilines is 2. The molecule has 5 N–H and O–H groups in total. The number of carboxylic acids is 1. The van der Waals surface area contributed by atoms with E-state index in [0.29, 0.717) is 28.4 Å². The lowest BCUT2D eigenvalue weighted by molar-refractivity contribution is -0.135. The van der Waals surface area contributed by atoms with Crippen molar-refractivity contribution in [2.45, 2.75) is 18.8 Å². The number of aromatic nitrogens is 1. The van der Waals surface area contributed by atoms with Gasteiger partial charge >= 0.3 is 12.0 Å². The molecule has 9 nitrogen and oxygen atoms in total. The third-order valence-corrected chi connectivity index (χ3v) is 6.73. The summed E-state index contributed by atoms with van der Waals surface area (Å²) in [6.45, 7) is 1.15. The molecule has 200 valence electrons. The van der Waals surface area contributed by atoms with Crippen LogP contribution in [0.4, 0.5) is 16.3 Å². The van der Waals surface area contributed by atoms with Crippen LogP contribution in [0.25, 0.3) is 10.8 Å². The molecule has 0 saturated carbocycles. The lowest BCUT2D eigenvalue weighted by Gasteiger charge is -2.30. The fourth-order valence-corrected chi connectivity index (χ4v) is 4.66. The summed E-state index contributed by atoms with van der Waals surface area (Å²) in [4.78, 5) is 41.9. The second-order valence-corrected chi connectivity index (χ2v) is 9.26. The molecule has 9 heteroatoms. The van der Waals surface area contributed by atoms with Gasteiger partial charge in [0.05, 0.1) is 0 Å². The van der Waals surface area contributed by atoms with Gasteiger partial charge in [0.1, 0.15) is 12.4 Å². The molecule has 1 aromatic heterocycles. The Labute approximate surface area is 226 Å². The van der Waals surface area contributed by atoms with Crippen molar-refractivity contribution < 1.29 is 19.5 Å². The molecule has 0 unspecified atom stereocenters. The number of amides is 3. The third-order valence-electron chi connectivity index (χ3n) is 6.73. The predicted octanol–water partition coefficient (Wildman–Crippen LogP) is 4.49. The lowest BCUT2D eigenvalue weighted by Crippen LogP contribution is -2.41. The summed E-state index contributed by atoms with van der Waals surface area (Å²) in [6.07, 6.45) is 3.64. The van der Waals surface area contributed by atoms with Crippen LogP contribution in [0.5, 0.6) is 0 Å². The molecule has 0 spiro atoms. The van der Waals surface area contributed by atoms with E-state index in [1.54, 1.807) is 65.7 Å². The zero-order chi connectivity index (χ0) is 27.8. The molecule has 0 bridgehead atoms. The van der Waals surface area contributed by atoms with Crippen molar-refractivity contribution in [1.82, 2.24) is 9.88 Å². The highest BCUT2D eigenvalue weighted by Crippen LogP contribution is 2.27. The zero-order valence-electron chi connectivity index (χ0n) is 21.4. The molecule has 0 radical (unpaired) electrons. The quantitative estimate of drug-likeness (QED) is 0.350. The third kappa shape index (κ3) is 6.89. The maximum Gasteiger partial charge on any atom is 0.323 e. The highest BCUT2D eigenvalue weighted by molar-refractivity contribution is 6.10. The molecule has 1 aliphatic heterocycles. The Bertz CT molecular complexity index is 1440. The van der Waals surface area contributed by atoms with E-state index >= 15 is 0 Å². The van der Waals surface area contributed by atoms with Gasteiger partial charge in [0.15, 0.2) is 0 Å². The first-order valence-corrected chi connectivity index (χ1v) is 12.7. The summed E-state index contributed by atoms with van der Waals surface area (Å²) >= 11 is 0. The second-order valence-electron chi connectivity index (χ2n) is 9.26. The number of fused-ring (bicyclic) bond motifs is 1. The number of hydrogen-bond acceptors (Lipinski definition) is 5. The van der Waals surface area contributed by atoms with Crippen LogP contribution in [-0.2, 0) is 4.79 Å². The van der Waals surface area contributed by atoms with Crippen molar-refractivity contribution in [2.24, 2.45) is 5.73 Å². The van der Waals surface area contributed by atoms with Crippen LogP contribution < -0.4 is 16.4 Å². The number of aliphatic carboxylic acids is 1. The average Bonchev–Trinajstić information content (AvgIpc) is 2.97. The van der Waals surface area contributed by atoms with Crippen molar-refractivity contribution in [3.63, 3.8) is 0 Å². The molecule has 0 atom stereocenters. The Morgan fingerprint density at radius 1 is 0.923 bits per heavy atom. The van der Waals surface area contributed by atoms with E-state index in [9.17, 15) is 14.4 Å². The van der Waals surface area contributed by atoms with Crippen LogP contribution in [0.15, 0.2) is 91.1 Å². The number of nitrogens with two attached hydrogens (primary N) is 2. The maximum absolute atomic E-state index is 12.8. The van der Waals surface area contributed by atoms with E-state index in [1.807, 2.05) is 6.07 Å². The van der Waals surface area contributed by atoms with Gasteiger partial charge in [0, 0.05) is 35.9 Å². The number of carbonyl (C=O) groups excluding carboxylic acids is 2. The van der Waals surface area contributed by atoms with Crippen LogP contribution in [0, 0.1) is 0 Å². The molecule has 1 fully saturated rings. The summed E-state index contributed by atoms with van der Waals surface area (Å²) in [6, 6.07) is 25.7. The number of urea groups is 1. The van der Waals surface area contributed by atoms with Gasteiger partial charge in [0.25, 0.3) is 5.91 Å². The van der Waals surface area contributed by atoms with Crippen LogP contribution in [0.2, 0.25) is 0 Å². The normalized spacial score (nSPS) is 13.3. The summed E-state index contributed by atoms with van der Waals surface area (Å²) in [5.74, 6) is -0.587. The topological polar surface area (TPSA) is 143 Å². The minimum absolute atomic E-state index is 0.290. The van der Waals surface area contributed by atoms with E-state index in [1.165, 1.54) is 10.5 Å². The Morgan fingerprint density at radius 2 is 1.56 bits per heavy atom. The van der Waals surface area contributed by atoms with Gasteiger partial charge in [-0.2, -0.15) is 0 Å². The molecule has 5 rings (SSSR count). The van der Waals surface area contributed by atoms with Gasteiger partial charge < -0.3 is 21.5 Å². The number of carboxylic acid groups (broad SMARTS) is 1. The molecule has 39 heavy (non-hydrogen) atoms. The van der Waals surface area contributed by atoms with Crippen molar-refractivity contribution >= 4 is 40.2 Å². The average molecular weight is 526 g/mol. The fraction of sp³-hybridized carbons (Fsp3) is 0.200. The van der Waals surface area contributed by atoms with Crippen molar-refractivity contribution in [1.29, 1.82) is 0 Å². The number of pyridine rings is 1. The highest BCUT2D eigenvalue weighted by atomic mass is 16.4. The molecule has 1 aliphatic rings. The minimum Gasteiger partial charge on any atom is -0.480 e. The second kappa shape index (κ2) is 12.6. The Balaban J connectivity index is 0.000000202. The van der Waals surface area contributed by atoms with Gasteiger partial charge in [-0.3, -0.25) is 14.5 Å². The molecular formula is C30H31N5O4. The Morgan fingerprint density at radius 3 is 2.18 bits per heavy atom. The molecule has 1 saturated heterocycles. The molecule has 3 amide bonds. The number of rotatable bonds is 5. The monoisotopic (exact) mass is 525 g/mol. The Hall–Kier alpha value is -4.92. The zero-order valence-corrected chi connectivity index (χ0v) is 21.4. The summed E-state index contributed by atoms with van der Waals surface area (Å²) in [5, 5.41) is 10.7. The van der Waals surface area contributed by atoms with Gasteiger partial charge in [-0.25, -0.2) is 9.78 Å². The first-order chi connectivity index (χ1) is 18.8. The number of carbonyl (C=O) groups is 3. The fourth-order valence-electron chi connectivity index (χ4n) is 4.66. The van der Waals surface area contributed by atoms with Crippen molar-refractivity contribution in [2.75, 3.05) is 30.3 Å². The smallest absolute Gasteiger partial charge is 0.323 e. The van der Waals surface area contributed by atoms with Crippen molar-refractivity contribution in [3.8, 4) is 0 Å². The van der Waals surface area contributed by atoms with Crippen LogP contribution in [-0.4, -0.2) is 52.5 Å². The molecule has 0 aliphatic carbocycles. The lowest BCUT2D eigenvalue weighted by atomic mass is 9.90. The number of benzene rings is 3. The number of hydrogen-bond donors (Lipinski definition) is 3. The molecule has 3 aromatic carbocycles. The van der Waals surface area contributed by atoms with E-state index in [-0.39, 0.29) is 6.03 Å². The van der Waals surface area contributed by atoms with Gasteiger partial charge in [-0.1, -0.05) is 54.6 Å². The number of likely N-dealkylation sites (tertiary alicyclic amines) is 1. The van der Waals surface area contributed by atoms with Gasteiger partial charge in [-0.05, 0) is 60.0 Å². The van der Waals surface area contributed by atoms with Crippen LogP contribution in [0.1, 0.15) is 34.7 Å². The number of para-hydroxylation sites is 1. The van der Waals surface area contributed by atoms with E-state index < -0.39 is 18.4 Å². The summed E-state index contributed by atoms with van der Waals surface area (Å²) < 4.78 is 0. The number of nitrogen functional groups attached to an aromatic ring is 1.